The second-order valence-corrected chi connectivity index (χ2v) is 10.4. The minimum atomic E-state index is -4.50. The zero-order valence-corrected chi connectivity index (χ0v) is 19.4. The standard InChI is InChI=1S/C25H28F3N3O3/c1-23(2)11-18-12-24(3,14-23)15-31(18)20(32)13-34-22(33)19-8-5-9-29-21(19)30-17-7-4-6-16(10-17)25(26,27)28/h4-10,18H,11-15H2,1-3H3,(H,29,30)/t18-,24+/m1/s1. The summed E-state index contributed by atoms with van der Waals surface area (Å²) < 4.78 is 44.3. The topological polar surface area (TPSA) is 71.5 Å². The Morgan fingerprint density at radius 2 is 1.94 bits per heavy atom. The fraction of sp³-hybridized carbons (Fsp3) is 0.480. The van der Waals surface area contributed by atoms with Gasteiger partial charge >= 0.3 is 12.1 Å². The van der Waals surface area contributed by atoms with Gasteiger partial charge in [-0.25, -0.2) is 9.78 Å². The van der Waals surface area contributed by atoms with Crippen LogP contribution < -0.4 is 5.32 Å². The van der Waals surface area contributed by atoms with Gasteiger partial charge in [0.15, 0.2) is 6.61 Å². The van der Waals surface area contributed by atoms with E-state index >= 15 is 0 Å². The molecule has 0 unspecified atom stereocenters. The van der Waals surface area contributed by atoms with Crippen molar-refractivity contribution in [2.45, 2.75) is 52.3 Å². The van der Waals surface area contributed by atoms with Crippen molar-refractivity contribution in [2.75, 3.05) is 18.5 Å². The number of alkyl halides is 3. The first-order chi connectivity index (χ1) is 15.9. The third-order valence-corrected chi connectivity index (χ3v) is 6.54. The van der Waals surface area contributed by atoms with Crippen LogP contribution in [0.15, 0.2) is 42.6 Å². The van der Waals surface area contributed by atoms with E-state index in [1.807, 2.05) is 4.90 Å². The number of benzene rings is 1. The number of pyridine rings is 1. The van der Waals surface area contributed by atoms with Crippen LogP contribution in [-0.2, 0) is 15.7 Å². The van der Waals surface area contributed by atoms with Gasteiger partial charge in [-0.2, -0.15) is 13.2 Å². The molecule has 2 bridgehead atoms. The summed E-state index contributed by atoms with van der Waals surface area (Å²) >= 11 is 0. The summed E-state index contributed by atoms with van der Waals surface area (Å²) in [5, 5.41) is 2.75. The first-order valence-corrected chi connectivity index (χ1v) is 11.2. The number of nitrogens with one attached hydrogen (secondary N) is 1. The molecule has 2 fully saturated rings. The van der Waals surface area contributed by atoms with Crippen LogP contribution in [0.1, 0.15) is 56.0 Å². The number of rotatable bonds is 5. The number of hydrogen-bond donors (Lipinski definition) is 1. The highest BCUT2D eigenvalue weighted by Crippen LogP contribution is 2.52. The summed E-state index contributed by atoms with van der Waals surface area (Å²) in [6.07, 6.45) is -0.186. The van der Waals surface area contributed by atoms with E-state index in [1.54, 1.807) is 0 Å². The van der Waals surface area contributed by atoms with Gasteiger partial charge in [-0.15, -0.1) is 0 Å². The lowest BCUT2D eigenvalue weighted by atomic mass is 9.65. The van der Waals surface area contributed by atoms with E-state index in [0.29, 0.717) is 6.54 Å². The zero-order chi connectivity index (χ0) is 24.7. The van der Waals surface area contributed by atoms with Gasteiger partial charge < -0.3 is 15.0 Å². The van der Waals surface area contributed by atoms with Crippen LogP contribution in [0.25, 0.3) is 0 Å². The van der Waals surface area contributed by atoms with Crippen LogP contribution in [0.2, 0.25) is 0 Å². The minimum absolute atomic E-state index is 0.0287. The highest BCUT2D eigenvalue weighted by molar-refractivity contribution is 5.96. The molecule has 1 aliphatic carbocycles. The molecule has 1 saturated carbocycles. The van der Waals surface area contributed by atoms with E-state index in [4.69, 9.17) is 4.74 Å². The minimum Gasteiger partial charge on any atom is -0.452 e. The van der Waals surface area contributed by atoms with Crippen molar-refractivity contribution in [1.29, 1.82) is 0 Å². The highest BCUT2D eigenvalue weighted by Gasteiger charge is 2.51. The number of nitrogens with zero attached hydrogens (tertiary/aromatic N) is 2. The number of esters is 1. The van der Waals surface area contributed by atoms with Gasteiger partial charge in [0.25, 0.3) is 5.91 Å². The van der Waals surface area contributed by atoms with Gasteiger partial charge in [-0.3, -0.25) is 4.79 Å². The molecular formula is C25H28F3N3O3. The molecular weight excluding hydrogens is 447 g/mol. The smallest absolute Gasteiger partial charge is 0.416 e. The molecule has 1 saturated heterocycles. The van der Waals surface area contributed by atoms with Crippen LogP contribution in [0.4, 0.5) is 24.7 Å². The summed E-state index contributed by atoms with van der Waals surface area (Å²) in [5.41, 5.74) is -0.448. The van der Waals surface area contributed by atoms with E-state index in [2.05, 4.69) is 31.1 Å². The molecule has 1 amide bonds. The molecule has 1 N–H and O–H groups in total. The number of fused-ring (bicyclic) bond motifs is 2. The molecule has 2 heterocycles. The monoisotopic (exact) mass is 475 g/mol. The molecule has 6 nitrogen and oxygen atoms in total. The molecule has 1 aromatic carbocycles. The molecule has 182 valence electrons. The number of likely N-dealkylation sites (tertiary alicyclic amines) is 1. The Morgan fingerprint density at radius 1 is 1.18 bits per heavy atom. The van der Waals surface area contributed by atoms with Crippen molar-refractivity contribution in [3.05, 3.63) is 53.7 Å². The maximum absolute atomic E-state index is 13.0. The SMILES string of the molecule is CC1(C)C[C@@H]2C[C@](C)(CN2C(=O)COC(=O)c2cccnc2Nc2cccc(C(F)(F)F)c2)C1. The maximum Gasteiger partial charge on any atom is 0.416 e. The first-order valence-electron chi connectivity index (χ1n) is 11.2. The number of amides is 1. The van der Waals surface area contributed by atoms with Gasteiger partial charge in [0, 0.05) is 24.5 Å². The Bertz CT molecular complexity index is 1100. The average molecular weight is 476 g/mol. The van der Waals surface area contributed by atoms with Crippen LogP contribution >= 0.6 is 0 Å². The second-order valence-electron chi connectivity index (χ2n) is 10.4. The van der Waals surface area contributed by atoms with Gasteiger partial charge in [-0.1, -0.05) is 26.8 Å². The van der Waals surface area contributed by atoms with Gasteiger partial charge in [0.05, 0.1) is 5.56 Å². The predicted molar refractivity (Wildman–Crippen MR) is 120 cm³/mol. The molecule has 34 heavy (non-hydrogen) atoms. The highest BCUT2D eigenvalue weighted by atomic mass is 19.4. The Kier molecular flexibility index (Phi) is 6.08. The number of hydrogen-bond acceptors (Lipinski definition) is 5. The molecule has 9 heteroatoms. The summed E-state index contributed by atoms with van der Waals surface area (Å²) in [6.45, 7) is 6.87. The lowest BCUT2D eigenvalue weighted by Gasteiger charge is -2.39. The van der Waals surface area contributed by atoms with E-state index in [1.165, 1.54) is 30.5 Å². The van der Waals surface area contributed by atoms with Crippen LogP contribution in [0, 0.1) is 10.8 Å². The van der Waals surface area contributed by atoms with Crippen LogP contribution in [-0.4, -0.2) is 41.0 Å². The third kappa shape index (κ3) is 5.18. The molecule has 1 aromatic heterocycles. The quantitative estimate of drug-likeness (QED) is 0.584. The molecule has 0 spiro atoms. The number of carbonyl (C=O) groups excluding carboxylic acids is 2. The van der Waals surface area contributed by atoms with Gasteiger partial charge in [0.1, 0.15) is 11.4 Å². The predicted octanol–water partition coefficient (Wildman–Crippen LogP) is 5.43. The Hall–Kier alpha value is -3.10. The van der Waals surface area contributed by atoms with E-state index in [0.717, 1.165) is 31.4 Å². The Balaban J connectivity index is 1.43. The lowest BCUT2D eigenvalue weighted by Crippen LogP contribution is -2.39. The summed E-state index contributed by atoms with van der Waals surface area (Å²) in [6, 6.07) is 7.69. The third-order valence-electron chi connectivity index (χ3n) is 6.54. The molecule has 2 aliphatic rings. The van der Waals surface area contributed by atoms with Crippen LogP contribution in [0.5, 0.6) is 0 Å². The van der Waals surface area contributed by atoms with Crippen molar-refractivity contribution in [3.8, 4) is 0 Å². The maximum atomic E-state index is 13.0. The summed E-state index contributed by atoms with van der Waals surface area (Å²) in [7, 11) is 0. The van der Waals surface area contributed by atoms with Crippen molar-refractivity contribution in [2.24, 2.45) is 10.8 Å². The average Bonchev–Trinajstić information content (AvgIpc) is 3.00. The van der Waals surface area contributed by atoms with E-state index in [9.17, 15) is 22.8 Å². The first kappa shape index (κ1) is 24.0. The lowest BCUT2D eigenvalue weighted by molar-refractivity contribution is -0.137. The second kappa shape index (κ2) is 8.60. The number of halogens is 3. The van der Waals surface area contributed by atoms with Crippen molar-refractivity contribution in [1.82, 2.24) is 9.88 Å². The van der Waals surface area contributed by atoms with E-state index < -0.39 is 24.3 Å². The molecule has 2 aromatic rings. The van der Waals surface area contributed by atoms with Gasteiger partial charge in [-0.05, 0) is 60.4 Å². The number of ether oxygens (including phenoxy) is 1. The Morgan fingerprint density at radius 3 is 2.68 bits per heavy atom. The number of carbonyl (C=O) groups is 2. The summed E-state index contributed by atoms with van der Waals surface area (Å²) in [5.74, 6) is -0.966. The number of aromatic nitrogens is 1. The fourth-order valence-corrected chi connectivity index (χ4v) is 5.62. The molecule has 4 rings (SSSR count). The molecule has 2 atom stereocenters. The zero-order valence-electron chi connectivity index (χ0n) is 19.4. The molecule has 1 aliphatic heterocycles. The normalized spacial score (nSPS) is 23.5. The van der Waals surface area contributed by atoms with E-state index in [-0.39, 0.29) is 39.8 Å². The van der Waals surface area contributed by atoms with Crippen molar-refractivity contribution >= 4 is 23.4 Å². The summed E-state index contributed by atoms with van der Waals surface area (Å²) in [4.78, 5) is 31.5. The number of anilines is 2. The molecule has 0 radical (unpaired) electrons. The largest absolute Gasteiger partial charge is 0.452 e. The van der Waals surface area contributed by atoms with Crippen molar-refractivity contribution < 1.29 is 27.5 Å². The van der Waals surface area contributed by atoms with Gasteiger partial charge in [0.2, 0.25) is 0 Å². The fourth-order valence-electron chi connectivity index (χ4n) is 5.62. The van der Waals surface area contributed by atoms with Crippen LogP contribution in [0.3, 0.4) is 0 Å². The Labute approximate surface area is 196 Å². The van der Waals surface area contributed by atoms with Crippen molar-refractivity contribution in [3.63, 3.8) is 0 Å².